The van der Waals surface area contributed by atoms with Crippen molar-refractivity contribution >= 4 is 17.5 Å². The van der Waals surface area contributed by atoms with E-state index >= 15 is 0 Å². The topological polar surface area (TPSA) is 95.3 Å². The summed E-state index contributed by atoms with van der Waals surface area (Å²) in [6.07, 6.45) is 2.20. The monoisotopic (exact) mass is 360 g/mol. The van der Waals surface area contributed by atoms with Crippen LogP contribution in [0.5, 0.6) is 5.75 Å². The molecule has 0 fully saturated rings. The Kier molecular flexibility index (Phi) is 5.97. The number of aryl methyl sites for hydroxylation is 2. The third-order valence-electron chi connectivity index (χ3n) is 3.62. The van der Waals surface area contributed by atoms with E-state index in [1.54, 1.807) is 46.0 Å². The lowest BCUT2D eigenvalue weighted by molar-refractivity contribution is -0.158. The van der Waals surface area contributed by atoms with Gasteiger partial charge in [0.05, 0.1) is 18.5 Å². The lowest BCUT2D eigenvalue weighted by atomic mass is 10.1. The van der Waals surface area contributed by atoms with Crippen LogP contribution in [0.1, 0.15) is 33.4 Å². The molecule has 0 aliphatic heterocycles. The van der Waals surface area contributed by atoms with Gasteiger partial charge in [-0.3, -0.25) is 4.79 Å². The number of nitrogens with zero attached hydrogens (tertiary/aromatic N) is 3. The van der Waals surface area contributed by atoms with Crippen LogP contribution in [0.3, 0.4) is 0 Å². The second-order valence-electron chi connectivity index (χ2n) is 6.17. The van der Waals surface area contributed by atoms with Crippen molar-refractivity contribution < 1.29 is 14.3 Å². The molecule has 2 aromatic rings. The fourth-order valence-electron chi connectivity index (χ4n) is 2.23. The molecule has 0 saturated heterocycles. The summed E-state index contributed by atoms with van der Waals surface area (Å²) in [4.78, 5) is 28.3. The Bertz CT molecular complexity index is 828. The van der Waals surface area contributed by atoms with Crippen molar-refractivity contribution in [2.75, 3.05) is 11.9 Å². The highest BCUT2D eigenvalue weighted by molar-refractivity contribution is 5.79. The van der Waals surface area contributed by atoms with Gasteiger partial charge in [0.25, 0.3) is 5.56 Å². The number of pyridine rings is 1. The van der Waals surface area contributed by atoms with E-state index in [9.17, 15) is 9.59 Å². The summed E-state index contributed by atoms with van der Waals surface area (Å²) in [5.41, 5.74) is -0.171. The van der Waals surface area contributed by atoms with Gasteiger partial charge in [0.1, 0.15) is 17.3 Å². The normalized spacial score (nSPS) is 11.1. The number of rotatable bonds is 7. The van der Waals surface area contributed by atoms with E-state index in [2.05, 4.69) is 15.4 Å². The number of hydrogen-bond donors (Lipinski definition) is 1. The van der Waals surface area contributed by atoms with Crippen LogP contribution in [0.25, 0.3) is 0 Å². The number of carbonyl (C=O) groups excluding carboxylic acids is 1. The number of ether oxygens (including phenoxy) is 2. The average Bonchev–Trinajstić information content (AvgIpc) is 2.60. The van der Waals surface area contributed by atoms with E-state index in [-0.39, 0.29) is 12.2 Å². The Hall–Kier alpha value is -2.90. The molecule has 0 atom stereocenters. The maximum Gasteiger partial charge on any atom is 0.349 e. The van der Waals surface area contributed by atoms with Crippen molar-refractivity contribution in [3.05, 3.63) is 40.4 Å². The highest BCUT2D eigenvalue weighted by Crippen LogP contribution is 2.21. The number of nitrogens with one attached hydrogen (secondary N) is 1. The summed E-state index contributed by atoms with van der Waals surface area (Å²) < 4.78 is 11.9. The van der Waals surface area contributed by atoms with Gasteiger partial charge in [-0.05, 0) is 45.4 Å². The summed E-state index contributed by atoms with van der Waals surface area (Å²) in [7, 11) is 1.61. The molecule has 1 N–H and O–H groups in total. The maximum atomic E-state index is 12.2. The van der Waals surface area contributed by atoms with Crippen molar-refractivity contribution in [2.24, 2.45) is 7.05 Å². The van der Waals surface area contributed by atoms with Crippen LogP contribution in [0.2, 0.25) is 0 Å². The molecule has 0 saturated carbocycles. The van der Waals surface area contributed by atoms with Crippen LogP contribution < -0.4 is 15.6 Å². The van der Waals surface area contributed by atoms with Gasteiger partial charge in [-0.1, -0.05) is 6.92 Å². The second-order valence-corrected chi connectivity index (χ2v) is 6.17. The molecule has 140 valence electrons. The lowest BCUT2D eigenvalue weighted by Gasteiger charge is -2.23. The van der Waals surface area contributed by atoms with Crippen molar-refractivity contribution in [3.63, 3.8) is 0 Å². The molecule has 2 aromatic heterocycles. The third-order valence-corrected chi connectivity index (χ3v) is 3.62. The molecular formula is C18H24N4O4. The van der Waals surface area contributed by atoms with Crippen molar-refractivity contribution in [1.29, 1.82) is 0 Å². The van der Waals surface area contributed by atoms with Gasteiger partial charge < -0.3 is 14.8 Å². The van der Waals surface area contributed by atoms with Gasteiger partial charge in [0.15, 0.2) is 5.60 Å². The number of anilines is 2. The highest BCUT2D eigenvalue weighted by Gasteiger charge is 2.31. The number of carbonyl (C=O) groups is 1. The first kappa shape index (κ1) is 19.4. The van der Waals surface area contributed by atoms with E-state index in [4.69, 9.17) is 9.47 Å². The van der Waals surface area contributed by atoms with Gasteiger partial charge in [0.2, 0.25) is 0 Å². The molecule has 0 aliphatic carbocycles. The SMILES string of the molecule is CCOC(=O)C(C)(C)Oc1ccc(Nc2cc(CC)nn(C)c2=O)nc1. The quantitative estimate of drug-likeness (QED) is 0.756. The molecule has 2 rings (SSSR count). The molecule has 2 heterocycles. The van der Waals surface area contributed by atoms with Gasteiger partial charge in [-0.2, -0.15) is 5.10 Å². The van der Waals surface area contributed by atoms with Gasteiger partial charge in [-0.25, -0.2) is 14.5 Å². The predicted molar refractivity (Wildman–Crippen MR) is 97.7 cm³/mol. The van der Waals surface area contributed by atoms with E-state index in [1.807, 2.05) is 6.92 Å². The van der Waals surface area contributed by atoms with Crippen LogP contribution in [0.4, 0.5) is 11.5 Å². The molecule has 0 radical (unpaired) electrons. The second kappa shape index (κ2) is 7.99. The van der Waals surface area contributed by atoms with E-state index < -0.39 is 11.6 Å². The van der Waals surface area contributed by atoms with Crippen LogP contribution in [0, 0.1) is 0 Å². The van der Waals surface area contributed by atoms with E-state index in [0.717, 1.165) is 5.69 Å². The predicted octanol–water partition coefficient (Wildman–Crippen LogP) is 2.20. The molecule has 0 amide bonds. The molecule has 0 spiro atoms. The zero-order valence-corrected chi connectivity index (χ0v) is 15.7. The fraction of sp³-hybridized carbons (Fsp3) is 0.444. The third kappa shape index (κ3) is 4.59. The Balaban J connectivity index is 2.14. The first-order valence-corrected chi connectivity index (χ1v) is 8.43. The van der Waals surface area contributed by atoms with Gasteiger partial charge in [-0.15, -0.1) is 0 Å². The van der Waals surface area contributed by atoms with Crippen molar-refractivity contribution in [2.45, 2.75) is 39.7 Å². The van der Waals surface area contributed by atoms with Crippen LogP contribution in [0.15, 0.2) is 29.2 Å². The first-order valence-electron chi connectivity index (χ1n) is 8.43. The number of aromatic nitrogens is 3. The summed E-state index contributed by atoms with van der Waals surface area (Å²) in [6.45, 7) is 7.25. The Labute approximate surface area is 152 Å². The molecule has 26 heavy (non-hydrogen) atoms. The van der Waals surface area contributed by atoms with Crippen LogP contribution in [-0.2, 0) is 23.0 Å². The minimum atomic E-state index is -1.12. The number of esters is 1. The summed E-state index contributed by atoms with van der Waals surface area (Å²) in [5.74, 6) is 0.455. The van der Waals surface area contributed by atoms with Crippen LogP contribution >= 0.6 is 0 Å². The Morgan fingerprint density at radius 2 is 2.04 bits per heavy atom. The largest absolute Gasteiger partial charge is 0.475 e. The molecular weight excluding hydrogens is 336 g/mol. The molecule has 8 heteroatoms. The standard InChI is InChI=1S/C18H24N4O4/c1-6-12-10-14(16(23)22(5)21-12)20-15-9-8-13(11-19-15)26-18(3,4)17(24)25-7-2/h8-11H,6-7H2,1-5H3,(H,19,20). The molecule has 0 unspecified atom stereocenters. The molecule has 8 nitrogen and oxygen atoms in total. The van der Waals surface area contributed by atoms with E-state index in [0.29, 0.717) is 23.7 Å². The van der Waals surface area contributed by atoms with Crippen molar-refractivity contribution in [1.82, 2.24) is 14.8 Å². The zero-order chi connectivity index (χ0) is 19.3. The summed E-state index contributed by atoms with van der Waals surface area (Å²) in [6, 6.07) is 5.04. The van der Waals surface area contributed by atoms with Gasteiger partial charge >= 0.3 is 5.97 Å². The van der Waals surface area contributed by atoms with Crippen LogP contribution in [-0.4, -0.2) is 32.9 Å². The smallest absolute Gasteiger partial charge is 0.349 e. The van der Waals surface area contributed by atoms with Crippen molar-refractivity contribution in [3.8, 4) is 5.75 Å². The molecule has 0 bridgehead atoms. The Morgan fingerprint density at radius 3 is 2.62 bits per heavy atom. The summed E-state index contributed by atoms with van der Waals surface area (Å²) >= 11 is 0. The van der Waals surface area contributed by atoms with E-state index in [1.165, 1.54) is 10.9 Å². The fourth-order valence-corrected chi connectivity index (χ4v) is 2.23. The number of hydrogen-bond acceptors (Lipinski definition) is 7. The maximum absolute atomic E-state index is 12.2. The molecule has 0 aromatic carbocycles. The highest BCUT2D eigenvalue weighted by atomic mass is 16.6. The lowest BCUT2D eigenvalue weighted by Crippen LogP contribution is -2.39. The minimum absolute atomic E-state index is 0.243. The Morgan fingerprint density at radius 1 is 1.31 bits per heavy atom. The summed E-state index contributed by atoms with van der Waals surface area (Å²) in [5, 5.41) is 7.15. The first-order chi connectivity index (χ1) is 12.3. The minimum Gasteiger partial charge on any atom is -0.475 e. The van der Waals surface area contributed by atoms with Gasteiger partial charge in [0, 0.05) is 7.05 Å². The molecule has 0 aliphatic rings. The average molecular weight is 360 g/mol. The zero-order valence-electron chi connectivity index (χ0n) is 15.7.